The first kappa shape index (κ1) is 12.8. The van der Waals surface area contributed by atoms with Crippen molar-refractivity contribution in [1.29, 1.82) is 0 Å². The minimum Gasteiger partial charge on any atom is -0.465 e. The van der Waals surface area contributed by atoms with Gasteiger partial charge in [-0.05, 0) is 38.4 Å². The fraction of sp³-hybridized carbons (Fsp3) is 0.538. The first-order valence-electron chi connectivity index (χ1n) is 6.15. The summed E-state index contributed by atoms with van der Waals surface area (Å²) >= 11 is 0. The number of hydrogen-bond donors (Lipinski definition) is 2. The van der Waals surface area contributed by atoms with Gasteiger partial charge in [0.2, 0.25) is 0 Å². The van der Waals surface area contributed by atoms with Crippen LogP contribution in [0.25, 0.3) is 0 Å². The van der Waals surface area contributed by atoms with Crippen molar-refractivity contribution in [2.75, 3.05) is 25.5 Å². The molecule has 5 heteroatoms. The number of aromatic nitrogens is 1. The first-order valence-corrected chi connectivity index (χ1v) is 6.15. The molecule has 1 aromatic heterocycles. The van der Waals surface area contributed by atoms with Gasteiger partial charge in [-0.3, -0.25) is 0 Å². The lowest BCUT2D eigenvalue weighted by Crippen LogP contribution is -2.23. The number of anilines is 1. The third kappa shape index (κ3) is 2.61. The van der Waals surface area contributed by atoms with Crippen molar-refractivity contribution in [3.05, 3.63) is 22.9 Å². The predicted octanol–water partition coefficient (Wildman–Crippen LogP) is 1.26. The van der Waals surface area contributed by atoms with Crippen LogP contribution in [0.2, 0.25) is 0 Å². The summed E-state index contributed by atoms with van der Waals surface area (Å²) in [6.45, 7) is 5.73. The zero-order chi connectivity index (χ0) is 13.1. The number of rotatable bonds is 3. The number of hydrogen-bond acceptors (Lipinski definition) is 5. The lowest BCUT2D eigenvalue weighted by molar-refractivity contribution is 0.0598. The molecule has 1 saturated heterocycles. The molecule has 1 aliphatic rings. The molecule has 5 nitrogen and oxygen atoms in total. The number of carbonyl (C=O) groups is 1. The van der Waals surface area contributed by atoms with Gasteiger partial charge in [0.25, 0.3) is 0 Å². The molecule has 2 heterocycles. The minimum absolute atomic E-state index is 0.327. The molecule has 0 radical (unpaired) electrons. The quantitative estimate of drug-likeness (QED) is 0.790. The predicted molar refractivity (Wildman–Crippen MR) is 69.9 cm³/mol. The van der Waals surface area contributed by atoms with Gasteiger partial charge < -0.3 is 15.4 Å². The van der Waals surface area contributed by atoms with E-state index in [1.165, 1.54) is 7.11 Å². The van der Waals surface area contributed by atoms with Gasteiger partial charge >= 0.3 is 5.97 Å². The molecular weight excluding hydrogens is 230 g/mol. The lowest BCUT2D eigenvalue weighted by Gasteiger charge is -2.15. The molecule has 0 unspecified atom stereocenters. The average molecular weight is 249 g/mol. The van der Waals surface area contributed by atoms with E-state index in [1.54, 1.807) is 0 Å². The summed E-state index contributed by atoms with van der Waals surface area (Å²) in [4.78, 5) is 16.0. The number of nitrogens with one attached hydrogen (secondary N) is 2. The Hall–Kier alpha value is -1.62. The van der Waals surface area contributed by atoms with Crippen molar-refractivity contribution < 1.29 is 9.53 Å². The average Bonchev–Trinajstić information content (AvgIpc) is 2.80. The van der Waals surface area contributed by atoms with Gasteiger partial charge in [-0.2, -0.15) is 0 Å². The smallest absolute Gasteiger partial charge is 0.339 e. The second kappa shape index (κ2) is 5.35. The topological polar surface area (TPSA) is 63.2 Å². The number of ether oxygens (including phenoxy) is 1. The molecular formula is C13H19N3O2. The highest BCUT2D eigenvalue weighted by molar-refractivity contribution is 5.92. The Labute approximate surface area is 107 Å². The SMILES string of the molecule is COC(=O)c1c(C)cc(N[C@H]2CCNC2)nc1C. The van der Waals surface area contributed by atoms with Crippen LogP contribution in [-0.2, 0) is 4.74 Å². The van der Waals surface area contributed by atoms with E-state index in [0.29, 0.717) is 17.3 Å². The van der Waals surface area contributed by atoms with E-state index in [9.17, 15) is 4.79 Å². The van der Waals surface area contributed by atoms with Crippen molar-refractivity contribution in [3.63, 3.8) is 0 Å². The molecule has 1 aromatic rings. The van der Waals surface area contributed by atoms with Crippen molar-refractivity contribution in [2.45, 2.75) is 26.3 Å². The maximum atomic E-state index is 11.6. The summed E-state index contributed by atoms with van der Waals surface area (Å²) in [5.41, 5.74) is 2.16. The van der Waals surface area contributed by atoms with Gasteiger partial charge in [0.15, 0.2) is 0 Å². The zero-order valence-corrected chi connectivity index (χ0v) is 11.0. The second-order valence-corrected chi connectivity index (χ2v) is 4.61. The summed E-state index contributed by atoms with van der Waals surface area (Å²) in [7, 11) is 1.39. The molecule has 0 saturated carbocycles. The molecule has 1 atom stereocenters. The van der Waals surface area contributed by atoms with Crippen LogP contribution in [0.3, 0.4) is 0 Å². The van der Waals surface area contributed by atoms with Crippen LogP contribution >= 0.6 is 0 Å². The van der Waals surface area contributed by atoms with E-state index < -0.39 is 0 Å². The van der Waals surface area contributed by atoms with E-state index in [2.05, 4.69) is 15.6 Å². The van der Waals surface area contributed by atoms with Gasteiger partial charge in [-0.15, -0.1) is 0 Å². The van der Waals surface area contributed by atoms with Gasteiger partial charge in [0, 0.05) is 12.6 Å². The monoisotopic (exact) mass is 249 g/mol. The summed E-state index contributed by atoms with van der Waals surface area (Å²) in [5, 5.41) is 6.68. The number of aryl methyl sites for hydroxylation is 2. The third-order valence-corrected chi connectivity index (χ3v) is 3.20. The molecule has 1 aliphatic heterocycles. The molecule has 0 spiro atoms. The molecule has 1 fully saturated rings. The van der Waals surface area contributed by atoms with Crippen LogP contribution < -0.4 is 10.6 Å². The number of esters is 1. The van der Waals surface area contributed by atoms with Crippen molar-refractivity contribution >= 4 is 11.8 Å². The molecule has 0 aromatic carbocycles. The molecule has 0 amide bonds. The van der Waals surface area contributed by atoms with Gasteiger partial charge in [-0.25, -0.2) is 9.78 Å². The Morgan fingerprint density at radius 3 is 2.89 bits per heavy atom. The van der Waals surface area contributed by atoms with E-state index in [0.717, 1.165) is 30.9 Å². The lowest BCUT2D eigenvalue weighted by atomic mass is 10.1. The standard InChI is InChI=1S/C13H19N3O2/c1-8-6-11(16-10-4-5-14-7-10)15-9(2)12(8)13(17)18-3/h6,10,14H,4-5,7H2,1-3H3,(H,15,16)/t10-/m0/s1. The fourth-order valence-corrected chi connectivity index (χ4v) is 2.30. The van der Waals surface area contributed by atoms with Gasteiger partial charge in [0.1, 0.15) is 5.82 Å². The highest BCUT2D eigenvalue weighted by atomic mass is 16.5. The van der Waals surface area contributed by atoms with E-state index >= 15 is 0 Å². The van der Waals surface area contributed by atoms with Crippen LogP contribution in [0, 0.1) is 13.8 Å². The molecule has 18 heavy (non-hydrogen) atoms. The van der Waals surface area contributed by atoms with Crippen molar-refractivity contribution in [2.24, 2.45) is 0 Å². The number of methoxy groups -OCH3 is 1. The molecule has 0 bridgehead atoms. The molecule has 2 rings (SSSR count). The Bertz CT molecular complexity index is 431. The summed E-state index contributed by atoms with van der Waals surface area (Å²) in [6, 6.07) is 2.32. The van der Waals surface area contributed by atoms with Crippen molar-refractivity contribution in [3.8, 4) is 0 Å². The maximum absolute atomic E-state index is 11.6. The zero-order valence-electron chi connectivity index (χ0n) is 11.0. The normalized spacial score (nSPS) is 18.7. The number of carbonyl (C=O) groups excluding carboxylic acids is 1. The highest BCUT2D eigenvalue weighted by Gasteiger charge is 2.18. The Morgan fingerprint density at radius 1 is 1.56 bits per heavy atom. The van der Waals surface area contributed by atoms with Crippen molar-refractivity contribution in [1.82, 2.24) is 10.3 Å². The molecule has 2 N–H and O–H groups in total. The molecule has 98 valence electrons. The van der Waals surface area contributed by atoms with Crippen LogP contribution in [0.1, 0.15) is 28.0 Å². The van der Waals surface area contributed by atoms with Gasteiger partial charge in [-0.1, -0.05) is 0 Å². The Morgan fingerprint density at radius 2 is 2.33 bits per heavy atom. The van der Waals surface area contributed by atoms with Crippen LogP contribution in [-0.4, -0.2) is 37.2 Å². The fourth-order valence-electron chi connectivity index (χ4n) is 2.30. The third-order valence-electron chi connectivity index (χ3n) is 3.20. The van der Waals surface area contributed by atoms with Crippen LogP contribution in [0.5, 0.6) is 0 Å². The number of nitrogens with zero attached hydrogens (tertiary/aromatic N) is 1. The van der Waals surface area contributed by atoms with Crippen LogP contribution in [0.4, 0.5) is 5.82 Å². The largest absolute Gasteiger partial charge is 0.465 e. The Balaban J connectivity index is 2.21. The van der Waals surface area contributed by atoms with Crippen LogP contribution in [0.15, 0.2) is 6.07 Å². The molecule has 0 aliphatic carbocycles. The van der Waals surface area contributed by atoms with E-state index in [-0.39, 0.29) is 5.97 Å². The van der Waals surface area contributed by atoms with E-state index in [4.69, 9.17) is 4.74 Å². The maximum Gasteiger partial charge on any atom is 0.339 e. The summed E-state index contributed by atoms with van der Waals surface area (Å²) < 4.78 is 4.76. The summed E-state index contributed by atoms with van der Waals surface area (Å²) in [6.07, 6.45) is 1.10. The first-order chi connectivity index (χ1) is 8.61. The highest BCUT2D eigenvalue weighted by Crippen LogP contribution is 2.18. The van der Waals surface area contributed by atoms with E-state index in [1.807, 2.05) is 19.9 Å². The number of pyridine rings is 1. The second-order valence-electron chi connectivity index (χ2n) is 4.61. The van der Waals surface area contributed by atoms with Gasteiger partial charge in [0.05, 0.1) is 18.4 Å². The summed E-state index contributed by atoms with van der Waals surface area (Å²) in [5.74, 6) is 0.498. The minimum atomic E-state index is -0.327. The Kier molecular flexibility index (Phi) is 3.81.